The van der Waals surface area contributed by atoms with Gasteiger partial charge in [-0.1, -0.05) is 23.7 Å². The van der Waals surface area contributed by atoms with Crippen molar-refractivity contribution in [3.05, 3.63) is 69.6 Å². The molecule has 2 aromatic carbocycles. The van der Waals surface area contributed by atoms with Crippen molar-refractivity contribution >= 4 is 28.3 Å². The summed E-state index contributed by atoms with van der Waals surface area (Å²) in [6.45, 7) is 0.751. The number of hydrogen-bond donors (Lipinski definition) is 1. The summed E-state index contributed by atoms with van der Waals surface area (Å²) < 4.78 is 12.2. The number of methoxy groups -OCH3 is 2. The molecule has 1 atom stereocenters. The second-order valence-corrected chi connectivity index (χ2v) is 7.98. The summed E-state index contributed by atoms with van der Waals surface area (Å²) in [7, 11) is 3.28. The van der Waals surface area contributed by atoms with Crippen LogP contribution < -0.4 is 19.9 Å². The third-order valence-electron chi connectivity index (χ3n) is 5.84. The number of benzene rings is 2. The van der Waals surface area contributed by atoms with Gasteiger partial charge in [0.1, 0.15) is 16.5 Å². The van der Waals surface area contributed by atoms with Crippen molar-refractivity contribution in [1.82, 2.24) is 19.7 Å². The van der Waals surface area contributed by atoms with Crippen molar-refractivity contribution in [2.24, 2.45) is 0 Å². The van der Waals surface area contributed by atoms with Gasteiger partial charge in [-0.05, 0) is 43.2 Å². The molecule has 1 fully saturated rings. The van der Waals surface area contributed by atoms with Gasteiger partial charge in [-0.3, -0.25) is 4.79 Å². The average Bonchev–Trinajstić information content (AvgIpc) is 3.47. The average molecular weight is 452 g/mol. The Bertz CT molecular complexity index is 1320. The topological polar surface area (TPSA) is 85.3 Å². The molecule has 8 nitrogen and oxygen atoms in total. The summed E-state index contributed by atoms with van der Waals surface area (Å²) in [5.41, 5.74) is 2.73. The van der Waals surface area contributed by atoms with Gasteiger partial charge in [-0.25, -0.2) is 4.98 Å². The Kier molecular flexibility index (Phi) is 5.22. The lowest BCUT2D eigenvalue weighted by Gasteiger charge is -2.28. The predicted molar refractivity (Wildman–Crippen MR) is 123 cm³/mol. The molecule has 32 heavy (non-hydrogen) atoms. The smallest absolute Gasteiger partial charge is 0.295 e. The highest BCUT2D eigenvalue weighted by Crippen LogP contribution is 2.42. The summed E-state index contributed by atoms with van der Waals surface area (Å²) in [5, 5.41) is 4.49. The zero-order chi connectivity index (χ0) is 22.2. The lowest BCUT2D eigenvalue weighted by molar-refractivity contribution is 0.395. The van der Waals surface area contributed by atoms with Crippen molar-refractivity contribution in [2.45, 2.75) is 18.9 Å². The minimum absolute atomic E-state index is 0.0131. The van der Waals surface area contributed by atoms with Crippen molar-refractivity contribution in [3.63, 3.8) is 0 Å². The van der Waals surface area contributed by atoms with Gasteiger partial charge in [0.05, 0.1) is 43.2 Å². The maximum absolute atomic E-state index is 13.1. The van der Waals surface area contributed by atoms with Crippen LogP contribution in [0.2, 0.25) is 5.02 Å². The van der Waals surface area contributed by atoms with E-state index in [1.54, 1.807) is 20.4 Å². The minimum atomic E-state index is -0.425. The summed E-state index contributed by atoms with van der Waals surface area (Å²) >= 11 is 6.60. The van der Waals surface area contributed by atoms with Crippen molar-refractivity contribution in [3.8, 4) is 17.4 Å². The number of halogens is 1. The Morgan fingerprint density at radius 1 is 1.16 bits per heavy atom. The molecule has 0 radical (unpaired) electrons. The molecule has 5 rings (SSSR count). The number of rotatable bonds is 5. The first-order chi connectivity index (χ1) is 15.6. The molecule has 0 saturated carbocycles. The summed E-state index contributed by atoms with van der Waals surface area (Å²) in [6, 6.07) is 13.3. The molecule has 9 heteroatoms. The van der Waals surface area contributed by atoms with Crippen LogP contribution in [0.25, 0.3) is 17.0 Å². The number of nitrogens with zero attached hydrogens (tertiary/aromatic N) is 4. The van der Waals surface area contributed by atoms with Gasteiger partial charge in [-0.2, -0.15) is 9.78 Å². The van der Waals surface area contributed by atoms with Crippen LogP contribution in [0.1, 0.15) is 24.4 Å². The van der Waals surface area contributed by atoms with E-state index >= 15 is 0 Å². The van der Waals surface area contributed by atoms with E-state index in [0.29, 0.717) is 11.6 Å². The Morgan fingerprint density at radius 2 is 2.00 bits per heavy atom. The first-order valence-corrected chi connectivity index (χ1v) is 10.7. The molecule has 0 amide bonds. The molecule has 1 aliphatic heterocycles. The van der Waals surface area contributed by atoms with Crippen LogP contribution in [0, 0.1) is 0 Å². The van der Waals surface area contributed by atoms with Crippen LogP contribution in [-0.4, -0.2) is 40.5 Å². The van der Waals surface area contributed by atoms with E-state index in [9.17, 15) is 4.79 Å². The fraction of sp³-hybridized carbons (Fsp3) is 0.261. The Labute approximate surface area is 189 Å². The predicted octanol–water partition coefficient (Wildman–Crippen LogP) is 4.12. The number of nitrogens with one attached hydrogen (secondary N) is 1. The number of imidazole rings is 1. The van der Waals surface area contributed by atoms with Gasteiger partial charge in [0, 0.05) is 12.1 Å². The van der Waals surface area contributed by atoms with E-state index in [0.717, 1.165) is 47.5 Å². The molecule has 1 aliphatic rings. The Hall–Kier alpha value is -3.52. The number of para-hydroxylation sites is 2. The van der Waals surface area contributed by atoms with Gasteiger partial charge in [-0.15, -0.1) is 0 Å². The fourth-order valence-corrected chi connectivity index (χ4v) is 4.53. The standard InChI is InChI=1S/C23H22ClN5O3/c1-31-14-9-10-20(32-2)15(12-14)18-8-5-11-28(18)19-13-25-29(22(30)21(19)24)23-26-16-6-3-4-7-17(16)27-23/h3-4,6-7,9-10,12-13,18H,5,8,11H2,1-2H3,(H,26,27). The SMILES string of the molecule is COc1ccc(OC)c(C2CCCN2c2cnn(-c3nc4ccccc4[nH]3)c(=O)c2Cl)c1. The monoisotopic (exact) mass is 451 g/mol. The number of H-pyrrole nitrogens is 1. The van der Waals surface area contributed by atoms with E-state index in [4.69, 9.17) is 21.1 Å². The van der Waals surface area contributed by atoms with Gasteiger partial charge < -0.3 is 19.4 Å². The minimum Gasteiger partial charge on any atom is -0.497 e. The van der Waals surface area contributed by atoms with Gasteiger partial charge in [0.25, 0.3) is 5.56 Å². The van der Waals surface area contributed by atoms with Crippen LogP contribution in [0.15, 0.2) is 53.5 Å². The normalized spacial score (nSPS) is 16.0. The number of hydrogen-bond acceptors (Lipinski definition) is 6. The summed E-state index contributed by atoms with van der Waals surface area (Å²) in [6.07, 6.45) is 3.47. The third-order valence-corrected chi connectivity index (χ3v) is 6.19. The van der Waals surface area contributed by atoms with Gasteiger partial charge >= 0.3 is 0 Å². The van der Waals surface area contributed by atoms with Crippen molar-refractivity contribution < 1.29 is 9.47 Å². The molecule has 1 saturated heterocycles. The zero-order valence-electron chi connectivity index (χ0n) is 17.7. The molecule has 4 aromatic rings. The highest BCUT2D eigenvalue weighted by molar-refractivity contribution is 6.33. The Balaban J connectivity index is 1.55. The quantitative estimate of drug-likeness (QED) is 0.491. The molecule has 3 heterocycles. The molecule has 0 bridgehead atoms. The fourth-order valence-electron chi connectivity index (χ4n) is 4.29. The maximum atomic E-state index is 13.1. The van der Waals surface area contributed by atoms with Crippen LogP contribution in [0.5, 0.6) is 11.5 Å². The van der Waals surface area contributed by atoms with Crippen LogP contribution in [-0.2, 0) is 0 Å². The zero-order valence-corrected chi connectivity index (χ0v) is 18.5. The van der Waals surface area contributed by atoms with E-state index in [2.05, 4.69) is 20.0 Å². The van der Waals surface area contributed by atoms with Crippen molar-refractivity contribution in [1.29, 1.82) is 0 Å². The largest absolute Gasteiger partial charge is 0.497 e. The second kappa shape index (κ2) is 8.20. The first kappa shape index (κ1) is 20.4. The molecular weight excluding hydrogens is 430 g/mol. The third kappa shape index (κ3) is 3.36. The van der Waals surface area contributed by atoms with Crippen LogP contribution >= 0.6 is 11.6 Å². The maximum Gasteiger partial charge on any atom is 0.295 e. The number of fused-ring (bicyclic) bond motifs is 1. The number of aromatic nitrogens is 4. The summed E-state index contributed by atoms with van der Waals surface area (Å²) in [4.78, 5) is 22.8. The first-order valence-electron chi connectivity index (χ1n) is 10.3. The highest BCUT2D eigenvalue weighted by Gasteiger charge is 2.31. The molecular formula is C23H22ClN5O3. The second-order valence-electron chi connectivity index (χ2n) is 7.60. The van der Waals surface area contributed by atoms with Crippen LogP contribution in [0.4, 0.5) is 5.69 Å². The summed E-state index contributed by atoms with van der Waals surface area (Å²) in [5.74, 6) is 1.84. The molecule has 164 valence electrons. The number of aromatic amines is 1. The highest BCUT2D eigenvalue weighted by atomic mass is 35.5. The molecule has 0 aliphatic carbocycles. The van der Waals surface area contributed by atoms with E-state index < -0.39 is 5.56 Å². The Morgan fingerprint density at radius 3 is 2.78 bits per heavy atom. The molecule has 1 unspecified atom stereocenters. The lowest BCUT2D eigenvalue weighted by atomic mass is 10.0. The molecule has 1 N–H and O–H groups in total. The van der Waals surface area contributed by atoms with Crippen LogP contribution in [0.3, 0.4) is 0 Å². The van der Waals surface area contributed by atoms with E-state index in [1.165, 1.54) is 4.68 Å². The number of anilines is 1. The molecule has 2 aromatic heterocycles. The van der Waals surface area contributed by atoms with Gasteiger partial charge in [0.15, 0.2) is 0 Å². The van der Waals surface area contributed by atoms with Gasteiger partial charge in [0.2, 0.25) is 5.95 Å². The van der Waals surface area contributed by atoms with E-state index in [-0.39, 0.29) is 11.1 Å². The van der Waals surface area contributed by atoms with E-state index in [1.807, 2.05) is 42.5 Å². The molecule has 0 spiro atoms. The number of ether oxygens (including phenoxy) is 2. The van der Waals surface area contributed by atoms with Crippen molar-refractivity contribution in [2.75, 3.05) is 25.7 Å². The lowest BCUT2D eigenvalue weighted by Crippen LogP contribution is -2.29.